The number of carbonyl (C=O) groups is 1. The smallest absolute Gasteiger partial charge is 0.328 e. The SMILES string of the molecule is COC/C(=C\C(=O)O)c1cc(C(C)C)ccc1C. The molecule has 3 heteroatoms. The highest BCUT2D eigenvalue weighted by Gasteiger charge is 2.09. The quantitative estimate of drug-likeness (QED) is 0.814. The largest absolute Gasteiger partial charge is 0.478 e. The second-order valence-electron chi connectivity index (χ2n) is 4.67. The number of aliphatic carboxylic acids is 1. The second-order valence-corrected chi connectivity index (χ2v) is 4.67. The minimum Gasteiger partial charge on any atom is -0.478 e. The molecule has 1 aromatic rings. The average molecular weight is 248 g/mol. The molecule has 1 rings (SSSR count). The summed E-state index contributed by atoms with van der Waals surface area (Å²) in [5.41, 5.74) is 3.90. The third-order valence-electron chi connectivity index (χ3n) is 2.87. The topological polar surface area (TPSA) is 46.5 Å². The normalized spacial score (nSPS) is 11.9. The zero-order valence-corrected chi connectivity index (χ0v) is 11.4. The molecular formula is C15H20O3. The number of carboxylic acids is 1. The van der Waals surface area contributed by atoms with Gasteiger partial charge in [0.1, 0.15) is 0 Å². The molecule has 0 saturated carbocycles. The van der Waals surface area contributed by atoms with Crippen LogP contribution >= 0.6 is 0 Å². The van der Waals surface area contributed by atoms with Gasteiger partial charge in [0.25, 0.3) is 0 Å². The van der Waals surface area contributed by atoms with Crippen LogP contribution in [0.15, 0.2) is 24.3 Å². The van der Waals surface area contributed by atoms with Crippen LogP contribution in [0.25, 0.3) is 5.57 Å². The monoisotopic (exact) mass is 248 g/mol. The van der Waals surface area contributed by atoms with Crippen LogP contribution in [0.3, 0.4) is 0 Å². The minimum absolute atomic E-state index is 0.300. The Balaban J connectivity index is 3.26. The standard InChI is InChI=1S/C15H20O3/c1-10(2)12-6-5-11(3)14(7-12)13(9-18-4)8-15(16)17/h5-8,10H,9H2,1-4H3,(H,16,17)/b13-8+. The van der Waals surface area contributed by atoms with Crippen LogP contribution in [0, 0.1) is 6.92 Å². The molecule has 0 spiro atoms. The first kappa shape index (κ1) is 14.5. The van der Waals surface area contributed by atoms with Crippen LogP contribution in [-0.4, -0.2) is 24.8 Å². The summed E-state index contributed by atoms with van der Waals surface area (Å²) in [4.78, 5) is 10.9. The molecular weight excluding hydrogens is 228 g/mol. The average Bonchev–Trinajstić information content (AvgIpc) is 2.28. The Labute approximate surface area is 108 Å². The summed E-state index contributed by atoms with van der Waals surface area (Å²) in [5, 5.41) is 8.91. The Bertz CT molecular complexity index is 459. The predicted octanol–water partition coefficient (Wildman–Crippen LogP) is 3.23. The maximum absolute atomic E-state index is 10.9. The van der Waals surface area contributed by atoms with Crippen LogP contribution in [-0.2, 0) is 9.53 Å². The maximum atomic E-state index is 10.9. The minimum atomic E-state index is -0.948. The molecule has 0 aliphatic carbocycles. The number of benzene rings is 1. The maximum Gasteiger partial charge on any atom is 0.328 e. The molecule has 1 N–H and O–H groups in total. The molecule has 0 aromatic heterocycles. The lowest BCUT2D eigenvalue weighted by Crippen LogP contribution is -2.02. The number of ether oxygens (including phenoxy) is 1. The molecule has 0 radical (unpaired) electrons. The molecule has 3 nitrogen and oxygen atoms in total. The van der Waals surface area contributed by atoms with E-state index in [1.807, 2.05) is 19.1 Å². The fourth-order valence-electron chi connectivity index (χ4n) is 1.85. The zero-order chi connectivity index (χ0) is 13.7. The highest BCUT2D eigenvalue weighted by atomic mass is 16.5. The van der Waals surface area contributed by atoms with Crippen LogP contribution in [0.4, 0.5) is 0 Å². The lowest BCUT2D eigenvalue weighted by Gasteiger charge is -2.13. The van der Waals surface area contributed by atoms with Crippen LogP contribution in [0.2, 0.25) is 0 Å². The van der Waals surface area contributed by atoms with Gasteiger partial charge in [0.15, 0.2) is 0 Å². The van der Waals surface area contributed by atoms with Crippen LogP contribution < -0.4 is 0 Å². The van der Waals surface area contributed by atoms with Gasteiger partial charge in [-0.15, -0.1) is 0 Å². The second kappa shape index (κ2) is 6.36. The Morgan fingerprint density at radius 3 is 2.61 bits per heavy atom. The summed E-state index contributed by atoms with van der Waals surface area (Å²) in [6.07, 6.45) is 1.22. The Morgan fingerprint density at radius 1 is 1.44 bits per heavy atom. The highest BCUT2D eigenvalue weighted by Crippen LogP contribution is 2.24. The summed E-state index contributed by atoms with van der Waals surface area (Å²) in [6.45, 7) is 6.51. The summed E-state index contributed by atoms with van der Waals surface area (Å²) in [7, 11) is 1.57. The number of rotatable bonds is 5. The van der Waals surface area contributed by atoms with Crippen molar-refractivity contribution in [2.45, 2.75) is 26.7 Å². The number of hydrogen-bond acceptors (Lipinski definition) is 2. The van der Waals surface area contributed by atoms with Crippen molar-refractivity contribution in [3.63, 3.8) is 0 Å². The lowest BCUT2D eigenvalue weighted by molar-refractivity contribution is -0.131. The molecule has 0 aliphatic heterocycles. The summed E-state index contributed by atoms with van der Waals surface area (Å²) in [5.74, 6) is -0.533. The van der Waals surface area contributed by atoms with Crippen molar-refractivity contribution in [2.75, 3.05) is 13.7 Å². The van der Waals surface area contributed by atoms with Crippen LogP contribution in [0.5, 0.6) is 0 Å². The Morgan fingerprint density at radius 2 is 2.11 bits per heavy atom. The molecule has 0 aliphatic rings. The first-order valence-corrected chi connectivity index (χ1v) is 5.99. The molecule has 0 bridgehead atoms. The summed E-state index contributed by atoms with van der Waals surface area (Å²) >= 11 is 0. The molecule has 0 unspecified atom stereocenters. The van der Waals surface area contributed by atoms with Gasteiger partial charge in [-0.2, -0.15) is 0 Å². The molecule has 1 aromatic carbocycles. The van der Waals surface area contributed by atoms with Crippen molar-refractivity contribution in [3.05, 3.63) is 41.0 Å². The van der Waals surface area contributed by atoms with Gasteiger partial charge in [0.2, 0.25) is 0 Å². The molecule has 0 heterocycles. The van der Waals surface area contributed by atoms with E-state index in [-0.39, 0.29) is 0 Å². The van der Waals surface area contributed by atoms with Gasteiger partial charge in [0.05, 0.1) is 6.61 Å². The highest BCUT2D eigenvalue weighted by molar-refractivity contribution is 5.90. The fraction of sp³-hybridized carbons (Fsp3) is 0.400. The van der Waals surface area contributed by atoms with E-state index >= 15 is 0 Å². The number of methoxy groups -OCH3 is 1. The van der Waals surface area contributed by atoms with E-state index in [4.69, 9.17) is 9.84 Å². The fourth-order valence-corrected chi connectivity index (χ4v) is 1.85. The van der Waals surface area contributed by atoms with Crippen molar-refractivity contribution in [1.29, 1.82) is 0 Å². The first-order chi connectivity index (χ1) is 8.45. The zero-order valence-electron chi connectivity index (χ0n) is 11.4. The molecule has 98 valence electrons. The third kappa shape index (κ3) is 3.70. The molecule has 0 fully saturated rings. The first-order valence-electron chi connectivity index (χ1n) is 5.99. The van der Waals surface area contributed by atoms with Crippen molar-refractivity contribution >= 4 is 11.5 Å². The van der Waals surface area contributed by atoms with Gasteiger partial charge in [-0.3, -0.25) is 0 Å². The Kier molecular flexibility index (Phi) is 5.10. The molecule has 0 atom stereocenters. The van der Waals surface area contributed by atoms with Gasteiger partial charge >= 0.3 is 5.97 Å². The molecule has 0 saturated heterocycles. The van der Waals surface area contributed by atoms with E-state index in [0.717, 1.165) is 11.1 Å². The predicted molar refractivity (Wildman–Crippen MR) is 72.8 cm³/mol. The Hall–Kier alpha value is -1.61. The van der Waals surface area contributed by atoms with E-state index in [9.17, 15) is 4.79 Å². The molecule has 18 heavy (non-hydrogen) atoms. The van der Waals surface area contributed by atoms with E-state index < -0.39 is 5.97 Å². The van der Waals surface area contributed by atoms with Gasteiger partial charge in [-0.05, 0) is 35.1 Å². The van der Waals surface area contributed by atoms with E-state index in [2.05, 4.69) is 19.9 Å². The van der Waals surface area contributed by atoms with Gasteiger partial charge < -0.3 is 9.84 Å². The van der Waals surface area contributed by atoms with Crippen molar-refractivity contribution in [3.8, 4) is 0 Å². The van der Waals surface area contributed by atoms with E-state index in [1.54, 1.807) is 7.11 Å². The number of carboxylic acid groups (broad SMARTS) is 1. The summed E-state index contributed by atoms with van der Waals surface area (Å²) in [6, 6.07) is 6.15. The van der Waals surface area contributed by atoms with Gasteiger partial charge in [-0.1, -0.05) is 32.0 Å². The lowest BCUT2D eigenvalue weighted by atomic mass is 9.94. The van der Waals surface area contributed by atoms with Crippen LogP contribution in [0.1, 0.15) is 36.5 Å². The van der Waals surface area contributed by atoms with Crippen molar-refractivity contribution in [2.24, 2.45) is 0 Å². The van der Waals surface area contributed by atoms with E-state index in [1.165, 1.54) is 11.6 Å². The van der Waals surface area contributed by atoms with Gasteiger partial charge in [-0.25, -0.2) is 4.79 Å². The number of aryl methyl sites for hydroxylation is 1. The summed E-state index contributed by atoms with van der Waals surface area (Å²) < 4.78 is 5.08. The van der Waals surface area contributed by atoms with Crippen molar-refractivity contribution in [1.82, 2.24) is 0 Å². The van der Waals surface area contributed by atoms with Gasteiger partial charge in [0, 0.05) is 13.2 Å². The van der Waals surface area contributed by atoms with E-state index in [0.29, 0.717) is 18.1 Å². The molecule has 0 amide bonds. The third-order valence-corrected chi connectivity index (χ3v) is 2.87. The van der Waals surface area contributed by atoms with Crippen molar-refractivity contribution < 1.29 is 14.6 Å². The number of hydrogen-bond donors (Lipinski definition) is 1.